The third-order valence-electron chi connectivity index (χ3n) is 3.32. The molecule has 0 amide bonds. The topological polar surface area (TPSA) is 33.3 Å². The van der Waals surface area contributed by atoms with Crippen LogP contribution in [-0.2, 0) is 6.42 Å². The molecule has 0 aliphatic rings. The molecule has 0 atom stereocenters. The van der Waals surface area contributed by atoms with Crippen molar-refractivity contribution in [3.63, 3.8) is 0 Å². The summed E-state index contributed by atoms with van der Waals surface area (Å²) in [4.78, 5) is 0. The fourth-order valence-electron chi connectivity index (χ4n) is 2.56. The summed E-state index contributed by atoms with van der Waals surface area (Å²) in [5, 5.41) is 6.79. The molecule has 0 fully saturated rings. The summed E-state index contributed by atoms with van der Waals surface area (Å²) in [6.07, 6.45) is 0.985. The van der Waals surface area contributed by atoms with Crippen LogP contribution in [0.1, 0.15) is 30.5 Å². The lowest BCUT2D eigenvalue weighted by molar-refractivity contribution is 0.374. The van der Waals surface area contributed by atoms with Gasteiger partial charge in [0.05, 0.1) is 7.11 Å². The van der Waals surface area contributed by atoms with Gasteiger partial charge in [0.1, 0.15) is 5.75 Å². The zero-order valence-corrected chi connectivity index (χ0v) is 13.2. The first-order chi connectivity index (χ1) is 8.89. The van der Waals surface area contributed by atoms with E-state index in [1.807, 2.05) is 7.05 Å². The molecule has 3 heteroatoms. The minimum atomic E-state index is 0.112. The van der Waals surface area contributed by atoms with Crippen molar-refractivity contribution in [3.8, 4) is 5.75 Å². The minimum Gasteiger partial charge on any atom is -0.496 e. The van der Waals surface area contributed by atoms with Crippen molar-refractivity contribution in [2.45, 2.75) is 39.7 Å². The molecule has 2 N–H and O–H groups in total. The molecule has 0 aromatic heterocycles. The Labute approximate surface area is 117 Å². The second kappa shape index (κ2) is 6.92. The van der Waals surface area contributed by atoms with Crippen LogP contribution in [-0.4, -0.2) is 32.8 Å². The van der Waals surface area contributed by atoms with Crippen LogP contribution in [0, 0.1) is 13.8 Å². The molecule has 0 spiro atoms. The van der Waals surface area contributed by atoms with Crippen LogP contribution < -0.4 is 15.4 Å². The molecule has 0 aliphatic heterocycles. The highest BCUT2D eigenvalue weighted by Crippen LogP contribution is 2.25. The average molecular weight is 264 g/mol. The molecule has 0 saturated carbocycles. The Morgan fingerprint density at radius 3 is 2.47 bits per heavy atom. The number of aryl methyl sites for hydroxylation is 2. The van der Waals surface area contributed by atoms with Gasteiger partial charge < -0.3 is 15.4 Å². The van der Waals surface area contributed by atoms with Gasteiger partial charge in [-0.25, -0.2) is 0 Å². The second-order valence-electron chi connectivity index (χ2n) is 5.87. The van der Waals surface area contributed by atoms with Crippen molar-refractivity contribution in [2.75, 3.05) is 27.2 Å². The number of ether oxygens (including phenoxy) is 1. The molecular weight excluding hydrogens is 236 g/mol. The Hall–Kier alpha value is -1.06. The predicted molar refractivity (Wildman–Crippen MR) is 82.2 cm³/mol. The van der Waals surface area contributed by atoms with Gasteiger partial charge in [-0.2, -0.15) is 0 Å². The van der Waals surface area contributed by atoms with Crippen LogP contribution >= 0.6 is 0 Å². The first kappa shape index (κ1) is 16.0. The van der Waals surface area contributed by atoms with E-state index in [0.717, 1.165) is 25.3 Å². The molecule has 3 nitrogen and oxygen atoms in total. The quantitative estimate of drug-likeness (QED) is 0.793. The Balaban J connectivity index is 2.67. The molecule has 1 rings (SSSR count). The lowest BCUT2D eigenvalue weighted by Crippen LogP contribution is -2.47. The van der Waals surface area contributed by atoms with E-state index in [2.05, 4.69) is 50.5 Å². The number of nitrogens with one attached hydrogen (secondary N) is 2. The third kappa shape index (κ3) is 4.84. The van der Waals surface area contributed by atoms with E-state index in [-0.39, 0.29) is 5.54 Å². The van der Waals surface area contributed by atoms with Gasteiger partial charge in [0.15, 0.2) is 0 Å². The fraction of sp³-hybridized carbons (Fsp3) is 0.625. The van der Waals surface area contributed by atoms with E-state index in [1.165, 1.54) is 16.7 Å². The van der Waals surface area contributed by atoms with Crippen molar-refractivity contribution in [1.82, 2.24) is 10.6 Å². The lowest BCUT2D eigenvalue weighted by Gasteiger charge is -2.26. The number of hydrogen-bond acceptors (Lipinski definition) is 3. The Morgan fingerprint density at radius 2 is 1.89 bits per heavy atom. The average Bonchev–Trinajstić information content (AvgIpc) is 2.28. The Kier molecular flexibility index (Phi) is 5.83. The van der Waals surface area contributed by atoms with Crippen molar-refractivity contribution in [3.05, 3.63) is 28.8 Å². The zero-order chi connectivity index (χ0) is 14.5. The number of hydrogen-bond donors (Lipinski definition) is 2. The number of methoxy groups -OCH3 is 1. The van der Waals surface area contributed by atoms with Gasteiger partial charge in [0.25, 0.3) is 0 Å². The molecule has 0 bridgehead atoms. The van der Waals surface area contributed by atoms with Gasteiger partial charge in [0.2, 0.25) is 0 Å². The summed E-state index contributed by atoms with van der Waals surface area (Å²) >= 11 is 0. The van der Waals surface area contributed by atoms with Gasteiger partial charge in [-0.1, -0.05) is 17.7 Å². The second-order valence-corrected chi connectivity index (χ2v) is 5.87. The largest absolute Gasteiger partial charge is 0.496 e. The van der Waals surface area contributed by atoms with Crippen LogP contribution in [0.2, 0.25) is 0 Å². The molecule has 1 aromatic carbocycles. The van der Waals surface area contributed by atoms with E-state index in [4.69, 9.17) is 4.74 Å². The monoisotopic (exact) mass is 264 g/mol. The summed E-state index contributed by atoms with van der Waals surface area (Å²) in [6.45, 7) is 10.6. The maximum atomic E-state index is 5.52. The molecule has 108 valence electrons. The van der Waals surface area contributed by atoms with Crippen LogP contribution in [0.4, 0.5) is 0 Å². The molecule has 0 aliphatic carbocycles. The van der Waals surface area contributed by atoms with Crippen LogP contribution in [0.25, 0.3) is 0 Å². The van der Waals surface area contributed by atoms with Gasteiger partial charge >= 0.3 is 0 Å². The van der Waals surface area contributed by atoms with Crippen LogP contribution in [0.15, 0.2) is 12.1 Å². The molecule has 0 radical (unpaired) electrons. The van der Waals surface area contributed by atoms with Crippen LogP contribution in [0.3, 0.4) is 0 Å². The van der Waals surface area contributed by atoms with Gasteiger partial charge in [0, 0.05) is 12.1 Å². The standard InChI is InChI=1S/C16H28N2O/c1-12-9-13(2)15(19-6)14(10-12)7-8-18-16(3,4)11-17-5/h9-10,17-18H,7-8,11H2,1-6H3. The Bertz CT molecular complexity index is 413. The fourth-order valence-corrected chi connectivity index (χ4v) is 2.56. The maximum absolute atomic E-state index is 5.52. The number of likely N-dealkylation sites (N-methyl/N-ethyl adjacent to an activating group) is 1. The first-order valence-electron chi connectivity index (χ1n) is 6.93. The summed E-state index contributed by atoms with van der Waals surface area (Å²) in [5.74, 6) is 1.03. The molecule has 19 heavy (non-hydrogen) atoms. The summed E-state index contributed by atoms with van der Waals surface area (Å²) in [5.41, 5.74) is 3.91. The summed E-state index contributed by atoms with van der Waals surface area (Å²) < 4.78 is 5.52. The maximum Gasteiger partial charge on any atom is 0.125 e. The number of rotatable bonds is 7. The van der Waals surface area contributed by atoms with Crippen molar-refractivity contribution >= 4 is 0 Å². The van der Waals surface area contributed by atoms with E-state index >= 15 is 0 Å². The molecular formula is C16H28N2O. The van der Waals surface area contributed by atoms with Gasteiger partial charge in [-0.05, 0) is 58.8 Å². The minimum absolute atomic E-state index is 0.112. The SMILES string of the molecule is CNCC(C)(C)NCCc1cc(C)cc(C)c1OC. The summed E-state index contributed by atoms with van der Waals surface area (Å²) in [7, 11) is 3.73. The predicted octanol–water partition coefficient (Wildman–Crippen LogP) is 2.44. The zero-order valence-electron chi connectivity index (χ0n) is 13.2. The van der Waals surface area contributed by atoms with Gasteiger partial charge in [-0.3, -0.25) is 0 Å². The van der Waals surface area contributed by atoms with E-state index in [0.29, 0.717) is 0 Å². The number of benzene rings is 1. The molecule has 0 unspecified atom stereocenters. The smallest absolute Gasteiger partial charge is 0.125 e. The highest BCUT2D eigenvalue weighted by atomic mass is 16.5. The van der Waals surface area contributed by atoms with Crippen molar-refractivity contribution < 1.29 is 4.74 Å². The van der Waals surface area contributed by atoms with Crippen molar-refractivity contribution in [1.29, 1.82) is 0 Å². The third-order valence-corrected chi connectivity index (χ3v) is 3.32. The van der Waals surface area contributed by atoms with E-state index in [1.54, 1.807) is 7.11 Å². The summed E-state index contributed by atoms with van der Waals surface area (Å²) in [6, 6.07) is 4.39. The highest BCUT2D eigenvalue weighted by molar-refractivity contribution is 5.43. The molecule has 0 saturated heterocycles. The lowest BCUT2D eigenvalue weighted by atomic mass is 10.0. The first-order valence-corrected chi connectivity index (χ1v) is 6.93. The molecule has 1 aromatic rings. The van der Waals surface area contributed by atoms with Gasteiger partial charge in [-0.15, -0.1) is 0 Å². The van der Waals surface area contributed by atoms with E-state index < -0.39 is 0 Å². The van der Waals surface area contributed by atoms with Crippen LogP contribution in [0.5, 0.6) is 5.75 Å². The van der Waals surface area contributed by atoms with E-state index in [9.17, 15) is 0 Å². The molecule has 0 heterocycles. The van der Waals surface area contributed by atoms with Crippen molar-refractivity contribution in [2.24, 2.45) is 0 Å². The normalized spacial score (nSPS) is 11.7. The highest BCUT2D eigenvalue weighted by Gasteiger charge is 2.15. The Morgan fingerprint density at radius 1 is 1.21 bits per heavy atom.